The van der Waals surface area contributed by atoms with Crippen molar-refractivity contribution < 1.29 is 23.3 Å². The van der Waals surface area contributed by atoms with E-state index in [1.807, 2.05) is 0 Å². The third kappa shape index (κ3) is 3.89. The van der Waals surface area contributed by atoms with Crippen LogP contribution in [0, 0.1) is 29.8 Å². The third-order valence-corrected chi connectivity index (χ3v) is 3.52. The summed E-state index contributed by atoms with van der Waals surface area (Å²) in [5, 5.41) is 13.2. The van der Waals surface area contributed by atoms with Gasteiger partial charge in [-0.3, -0.25) is 14.9 Å². The summed E-state index contributed by atoms with van der Waals surface area (Å²) in [5.41, 5.74) is 1.02. The van der Waals surface area contributed by atoms with Crippen molar-refractivity contribution in [3.8, 4) is 11.8 Å². The van der Waals surface area contributed by atoms with E-state index in [1.165, 1.54) is 24.3 Å². The Hall–Kier alpha value is -3.82. The lowest BCUT2D eigenvalue weighted by molar-refractivity contribution is -0.402. The molecule has 2 aromatic heterocycles. The molecule has 1 amide bonds. The van der Waals surface area contributed by atoms with E-state index in [4.69, 9.17) is 9.15 Å². The predicted octanol–water partition coefficient (Wildman–Crippen LogP) is 3.78. The summed E-state index contributed by atoms with van der Waals surface area (Å²) in [4.78, 5) is 30.3. The number of nitrogens with one attached hydrogen (secondary N) is 1. The van der Waals surface area contributed by atoms with Crippen molar-refractivity contribution in [2.24, 2.45) is 0 Å². The maximum atomic E-state index is 13.7. The summed E-state index contributed by atoms with van der Waals surface area (Å²) in [6.45, 7) is 3.20. The third-order valence-electron chi connectivity index (χ3n) is 3.52. The first kappa shape index (κ1) is 18.0. The molecule has 0 bridgehead atoms. The average molecular weight is 372 g/mol. The predicted molar refractivity (Wildman–Crippen MR) is 91.3 cm³/mol. The minimum absolute atomic E-state index is 0.0315. The lowest BCUT2D eigenvalue weighted by atomic mass is 10.2. The highest BCUT2D eigenvalue weighted by Crippen LogP contribution is 2.26. The molecule has 0 radical (unpaired) electrons. The number of halogens is 1. The molecule has 0 aliphatic heterocycles. The van der Waals surface area contributed by atoms with Crippen LogP contribution in [0.25, 0.3) is 0 Å². The molecule has 0 fully saturated rings. The van der Waals surface area contributed by atoms with Gasteiger partial charge in [0.25, 0.3) is 5.91 Å². The van der Waals surface area contributed by atoms with E-state index in [2.05, 4.69) is 15.3 Å². The lowest BCUT2D eigenvalue weighted by Crippen LogP contribution is -2.14. The molecule has 0 saturated carbocycles. The number of nitrogens with zero attached hydrogens (tertiary/aromatic N) is 3. The molecule has 0 aliphatic rings. The number of carbonyl (C=O) groups is 1. The topological polar surface area (TPSA) is 120 Å². The summed E-state index contributed by atoms with van der Waals surface area (Å²) < 4.78 is 23.9. The molecule has 0 atom stereocenters. The highest BCUT2D eigenvalue weighted by molar-refractivity contribution is 6.03. The largest absolute Gasteiger partial charge is 0.433 e. The number of para-hydroxylation sites is 1. The average Bonchev–Trinajstić information content (AvgIpc) is 3.10. The fraction of sp³-hybridized carbons (Fsp3) is 0.118. The Labute approximate surface area is 152 Å². The van der Waals surface area contributed by atoms with E-state index in [1.54, 1.807) is 19.9 Å². The van der Waals surface area contributed by atoms with Crippen molar-refractivity contribution in [1.29, 1.82) is 0 Å². The van der Waals surface area contributed by atoms with Gasteiger partial charge in [0, 0.05) is 0 Å². The van der Waals surface area contributed by atoms with E-state index >= 15 is 0 Å². The second-order valence-corrected chi connectivity index (χ2v) is 5.43. The van der Waals surface area contributed by atoms with Gasteiger partial charge in [0.05, 0.1) is 23.1 Å². The van der Waals surface area contributed by atoms with Gasteiger partial charge in [-0.2, -0.15) is 9.97 Å². The van der Waals surface area contributed by atoms with Crippen molar-refractivity contribution in [3.05, 3.63) is 69.5 Å². The van der Waals surface area contributed by atoms with Gasteiger partial charge in [-0.15, -0.1) is 0 Å². The number of amides is 1. The first-order valence-electron chi connectivity index (χ1n) is 7.68. The molecule has 138 valence electrons. The monoisotopic (exact) mass is 372 g/mol. The fourth-order valence-corrected chi connectivity index (χ4v) is 2.26. The van der Waals surface area contributed by atoms with Crippen LogP contribution in [0.2, 0.25) is 0 Å². The summed E-state index contributed by atoms with van der Waals surface area (Å²) in [7, 11) is 0. The number of benzene rings is 1. The van der Waals surface area contributed by atoms with Crippen LogP contribution in [-0.2, 0) is 0 Å². The number of aryl methyl sites for hydroxylation is 2. The zero-order chi connectivity index (χ0) is 19.6. The van der Waals surface area contributed by atoms with Crippen LogP contribution in [0.1, 0.15) is 21.9 Å². The zero-order valence-corrected chi connectivity index (χ0v) is 14.2. The molecule has 3 aromatic rings. The maximum absolute atomic E-state index is 13.7. The van der Waals surface area contributed by atoms with Crippen molar-refractivity contribution in [2.45, 2.75) is 13.8 Å². The Bertz CT molecular complexity index is 1010. The number of aromatic nitrogens is 2. The van der Waals surface area contributed by atoms with Crippen LogP contribution in [0.15, 0.2) is 40.8 Å². The number of carbonyl (C=O) groups excluding carboxylic acids is 1. The van der Waals surface area contributed by atoms with Crippen molar-refractivity contribution >= 4 is 17.5 Å². The molecule has 0 saturated heterocycles. The molecule has 0 unspecified atom stereocenters. The number of nitro groups is 1. The Kier molecular flexibility index (Phi) is 4.79. The van der Waals surface area contributed by atoms with Gasteiger partial charge in [0.2, 0.25) is 0 Å². The van der Waals surface area contributed by atoms with Crippen molar-refractivity contribution in [3.63, 3.8) is 0 Å². The highest BCUT2D eigenvalue weighted by Gasteiger charge is 2.20. The second-order valence-electron chi connectivity index (χ2n) is 5.43. The minimum Gasteiger partial charge on any atom is -0.421 e. The summed E-state index contributed by atoms with van der Waals surface area (Å²) >= 11 is 0. The second kappa shape index (κ2) is 7.20. The van der Waals surface area contributed by atoms with Crippen molar-refractivity contribution in [2.75, 3.05) is 5.32 Å². The van der Waals surface area contributed by atoms with Gasteiger partial charge in [-0.1, -0.05) is 12.1 Å². The Morgan fingerprint density at radius 3 is 2.44 bits per heavy atom. The van der Waals surface area contributed by atoms with E-state index < -0.39 is 22.5 Å². The van der Waals surface area contributed by atoms with Crippen molar-refractivity contribution in [1.82, 2.24) is 9.97 Å². The zero-order valence-electron chi connectivity index (χ0n) is 14.2. The molecule has 27 heavy (non-hydrogen) atoms. The quantitative estimate of drug-likeness (QED) is 0.534. The van der Waals surface area contributed by atoms with Gasteiger partial charge >= 0.3 is 11.9 Å². The fourth-order valence-electron chi connectivity index (χ4n) is 2.26. The first-order valence-corrected chi connectivity index (χ1v) is 7.68. The van der Waals surface area contributed by atoms with Crippen LogP contribution < -0.4 is 10.1 Å². The molecular weight excluding hydrogens is 359 g/mol. The number of furan rings is 1. The molecule has 0 aliphatic carbocycles. The van der Waals surface area contributed by atoms with Crippen LogP contribution in [0.4, 0.5) is 16.0 Å². The Morgan fingerprint density at radius 1 is 1.19 bits per heavy atom. The number of anilines is 1. The molecule has 9 nitrogen and oxygen atoms in total. The first-order chi connectivity index (χ1) is 12.8. The summed E-state index contributed by atoms with van der Waals surface area (Å²) in [6.07, 6.45) is 0. The molecule has 1 N–H and O–H groups in total. The van der Waals surface area contributed by atoms with Crippen LogP contribution >= 0.6 is 0 Å². The van der Waals surface area contributed by atoms with Gasteiger partial charge in [0.15, 0.2) is 17.3 Å². The highest BCUT2D eigenvalue weighted by atomic mass is 19.1. The maximum Gasteiger partial charge on any atom is 0.433 e. The van der Waals surface area contributed by atoms with Gasteiger partial charge < -0.3 is 14.5 Å². The SMILES string of the molecule is Cc1nc(Oc2ccccc2F)nc(C)c1NC(=O)c1ccc([N+](=O)[O-])o1. The standard InChI is InChI=1S/C17H13FN4O5/c1-9-15(21-16(23)13-7-8-14(26-13)22(24)25)10(2)20-17(19-9)27-12-6-4-3-5-11(12)18/h3-8H,1-2H3,(H,21,23). The Morgan fingerprint density at radius 2 is 1.85 bits per heavy atom. The summed E-state index contributed by atoms with van der Waals surface area (Å²) in [6, 6.07) is 7.99. The molecular formula is C17H13FN4O5. The van der Waals surface area contributed by atoms with Gasteiger partial charge in [0.1, 0.15) is 4.92 Å². The molecule has 0 spiro atoms. The van der Waals surface area contributed by atoms with Crippen LogP contribution in [-0.4, -0.2) is 20.8 Å². The number of hydrogen-bond acceptors (Lipinski definition) is 7. The van der Waals surface area contributed by atoms with Crippen LogP contribution in [0.3, 0.4) is 0 Å². The van der Waals surface area contributed by atoms with Gasteiger partial charge in [-0.25, -0.2) is 4.39 Å². The van der Waals surface area contributed by atoms with Gasteiger partial charge in [-0.05, 0) is 32.0 Å². The number of ether oxygens (including phenoxy) is 1. The number of rotatable bonds is 5. The normalized spacial score (nSPS) is 10.5. The van der Waals surface area contributed by atoms with E-state index in [-0.39, 0.29) is 17.5 Å². The number of hydrogen-bond donors (Lipinski definition) is 1. The van der Waals surface area contributed by atoms with E-state index in [0.29, 0.717) is 17.1 Å². The van der Waals surface area contributed by atoms with E-state index in [9.17, 15) is 19.3 Å². The molecule has 3 rings (SSSR count). The summed E-state index contributed by atoms with van der Waals surface area (Å²) in [5.74, 6) is -2.06. The smallest absolute Gasteiger partial charge is 0.421 e. The molecule has 2 heterocycles. The van der Waals surface area contributed by atoms with Crippen LogP contribution in [0.5, 0.6) is 11.8 Å². The lowest BCUT2D eigenvalue weighted by Gasteiger charge is -2.12. The molecule has 1 aromatic carbocycles. The molecule has 10 heteroatoms. The Balaban J connectivity index is 1.81. The van der Waals surface area contributed by atoms with E-state index in [0.717, 1.165) is 6.07 Å². The minimum atomic E-state index is -0.745.